The van der Waals surface area contributed by atoms with Crippen molar-refractivity contribution in [2.45, 2.75) is 30.9 Å². The van der Waals surface area contributed by atoms with Crippen molar-refractivity contribution in [2.24, 2.45) is 10.6 Å². The maximum Gasteiger partial charge on any atom is 0.365 e. The fourth-order valence-electron chi connectivity index (χ4n) is 2.89. The normalized spacial score (nSPS) is 17.6. The highest BCUT2D eigenvalue weighted by molar-refractivity contribution is 8.00. The van der Waals surface area contributed by atoms with Gasteiger partial charge in [0.2, 0.25) is 0 Å². The monoisotopic (exact) mass is 379 g/mol. The summed E-state index contributed by atoms with van der Waals surface area (Å²) in [5.74, 6) is -0.468. The lowest BCUT2D eigenvalue weighted by Crippen LogP contribution is -2.27. The molecule has 1 heterocycles. The molecule has 0 bridgehead atoms. The smallest absolute Gasteiger partial charge is 0.313 e. The number of nitrogens with zero attached hydrogens (tertiary/aromatic N) is 1. The Kier molecular flexibility index (Phi) is 5.04. The zero-order valence-electron chi connectivity index (χ0n) is 13.8. The number of carbonyl (C=O) groups is 1. The van der Waals surface area contributed by atoms with Crippen LogP contribution in [0.25, 0.3) is 0 Å². The lowest BCUT2D eigenvalue weighted by Gasteiger charge is -2.30. The molecule has 0 unspecified atom stereocenters. The van der Waals surface area contributed by atoms with Crippen molar-refractivity contribution in [1.29, 1.82) is 0 Å². The van der Waals surface area contributed by atoms with Crippen LogP contribution in [0.5, 0.6) is 0 Å². The first-order valence-corrected chi connectivity index (χ1v) is 10.1. The van der Waals surface area contributed by atoms with Gasteiger partial charge in [0.15, 0.2) is 0 Å². The zero-order valence-corrected chi connectivity index (χ0v) is 16.1. The zero-order chi connectivity index (χ0) is 17.3. The summed E-state index contributed by atoms with van der Waals surface area (Å²) < 4.78 is 1.22. The Bertz CT molecular complexity index is 794. The molecule has 3 nitrogen and oxygen atoms in total. The van der Waals surface area contributed by atoms with Crippen molar-refractivity contribution in [1.82, 2.24) is 0 Å². The maximum atomic E-state index is 12.2. The molecule has 0 spiro atoms. The van der Waals surface area contributed by atoms with E-state index in [-0.39, 0.29) is 5.41 Å². The third-order valence-corrected chi connectivity index (χ3v) is 6.38. The molecule has 24 heavy (non-hydrogen) atoms. The number of carbonyl (C=O) groups excluding carboxylic acids is 1. The van der Waals surface area contributed by atoms with Crippen LogP contribution in [0.15, 0.2) is 39.0 Å². The summed E-state index contributed by atoms with van der Waals surface area (Å²) in [6.45, 7) is 4.42. The molecule has 1 aromatic carbocycles. The number of halogens is 1. The van der Waals surface area contributed by atoms with E-state index in [9.17, 15) is 4.79 Å². The molecule has 0 saturated heterocycles. The molecule has 0 saturated carbocycles. The van der Waals surface area contributed by atoms with Gasteiger partial charge in [-0.2, -0.15) is 0 Å². The second-order valence-electron chi connectivity index (χ2n) is 6.57. The van der Waals surface area contributed by atoms with Crippen LogP contribution in [0.1, 0.15) is 41.8 Å². The average Bonchev–Trinajstić information content (AvgIpc) is 2.94. The Balaban J connectivity index is 1.88. The Morgan fingerprint density at radius 2 is 2.00 bits per heavy atom. The van der Waals surface area contributed by atoms with Crippen LogP contribution in [-0.4, -0.2) is 17.9 Å². The highest BCUT2D eigenvalue weighted by Crippen LogP contribution is 2.42. The molecule has 126 valence electrons. The third kappa shape index (κ3) is 3.68. The minimum Gasteiger partial charge on any atom is -0.313 e. The first-order chi connectivity index (χ1) is 11.4. The number of thioether (sulfide) groups is 1. The number of rotatable bonds is 3. The molecule has 2 aromatic rings. The standard InChI is InChI=1S/C18H18ClNO2S2/c1-18(2)8-12-10-24-17(23-3)15(12)14(9-18)20-22-16(21)11-4-6-13(19)7-5-11/h4-7,10H,8-9H2,1-3H3/b20-14-. The first-order valence-electron chi connectivity index (χ1n) is 7.58. The van der Waals surface area contributed by atoms with E-state index in [0.717, 1.165) is 24.1 Å². The van der Waals surface area contributed by atoms with Gasteiger partial charge in [-0.3, -0.25) is 0 Å². The largest absolute Gasteiger partial charge is 0.365 e. The van der Waals surface area contributed by atoms with Crippen LogP contribution in [-0.2, 0) is 11.3 Å². The van der Waals surface area contributed by atoms with E-state index >= 15 is 0 Å². The van der Waals surface area contributed by atoms with Crippen molar-refractivity contribution in [3.8, 4) is 0 Å². The summed E-state index contributed by atoms with van der Waals surface area (Å²) in [6.07, 6.45) is 3.87. The summed E-state index contributed by atoms with van der Waals surface area (Å²) in [7, 11) is 0. The van der Waals surface area contributed by atoms with Gasteiger partial charge in [0.05, 0.1) is 15.5 Å². The van der Waals surface area contributed by atoms with Gasteiger partial charge >= 0.3 is 5.97 Å². The van der Waals surface area contributed by atoms with Gasteiger partial charge in [0, 0.05) is 10.6 Å². The molecule has 1 aliphatic carbocycles. The van der Waals surface area contributed by atoms with Gasteiger partial charge in [0.25, 0.3) is 0 Å². The summed E-state index contributed by atoms with van der Waals surface area (Å²) in [5.41, 5.74) is 3.84. The molecule has 0 atom stereocenters. The topological polar surface area (TPSA) is 38.7 Å². The van der Waals surface area contributed by atoms with Crippen LogP contribution < -0.4 is 0 Å². The molecule has 1 aromatic heterocycles. The van der Waals surface area contributed by atoms with E-state index in [4.69, 9.17) is 16.4 Å². The van der Waals surface area contributed by atoms with Crippen LogP contribution in [0.2, 0.25) is 5.02 Å². The van der Waals surface area contributed by atoms with Crippen LogP contribution in [0.3, 0.4) is 0 Å². The maximum absolute atomic E-state index is 12.2. The molecule has 6 heteroatoms. The molecular weight excluding hydrogens is 362 g/mol. The predicted molar refractivity (Wildman–Crippen MR) is 102 cm³/mol. The highest BCUT2D eigenvalue weighted by atomic mass is 35.5. The molecule has 0 aliphatic heterocycles. The first kappa shape index (κ1) is 17.5. The molecule has 0 fully saturated rings. The average molecular weight is 380 g/mol. The number of thiophene rings is 1. The van der Waals surface area contributed by atoms with E-state index in [1.807, 2.05) is 0 Å². The molecular formula is C18H18ClNO2S2. The Morgan fingerprint density at radius 1 is 1.29 bits per heavy atom. The Morgan fingerprint density at radius 3 is 2.67 bits per heavy atom. The van der Waals surface area contributed by atoms with Gasteiger partial charge in [0.1, 0.15) is 0 Å². The molecule has 3 rings (SSSR count). The summed E-state index contributed by atoms with van der Waals surface area (Å²) in [4.78, 5) is 17.4. The van der Waals surface area contributed by atoms with Crippen molar-refractivity contribution in [2.75, 3.05) is 6.26 Å². The van der Waals surface area contributed by atoms with Crippen LogP contribution >= 0.6 is 34.7 Å². The van der Waals surface area contributed by atoms with Gasteiger partial charge in [-0.1, -0.05) is 30.6 Å². The molecule has 1 aliphatic rings. The lowest BCUT2D eigenvalue weighted by molar-refractivity contribution is 0.0514. The van der Waals surface area contributed by atoms with Crippen LogP contribution in [0, 0.1) is 5.41 Å². The van der Waals surface area contributed by atoms with Crippen LogP contribution in [0.4, 0.5) is 0 Å². The van der Waals surface area contributed by atoms with E-state index in [1.54, 1.807) is 47.4 Å². The lowest BCUT2D eigenvalue weighted by atomic mass is 9.75. The summed E-state index contributed by atoms with van der Waals surface area (Å²) in [5, 5.41) is 7.00. The number of fused-ring (bicyclic) bond motifs is 1. The van der Waals surface area contributed by atoms with Gasteiger partial charge in [-0.05, 0) is 59.7 Å². The minimum atomic E-state index is -0.468. The number of hydrogen-bond donors (Lipinski definition) is 0. The SMILES string of the molecule is CSc1scc2c1/C(=N\OC(=O)c1ccc(Cl)cc1)CC(C)(C)C2. The van der Waals surface area contributed by atoms with Crippen molar-refractivity contribution in [3.05, 3.63) is 51.4 Å². The highest BCUT2D eigenvalue weighted by Gasteiger charge is 2.33. The summed E-state index contributed by atoms with van der Waals surface area (Å²) >= 11 is 9.28. The van der Waals surface area contributed by atoms with Crippen molar-refractivity contribution >= 4 is 46.4 Å². The second-order valence-corrected chi connectivity index (χ2v) is 8.96. The molecule has 0 N–H and O–H groups in total. The summed E-state index contributed by atoms with van der Waals surface area (Å²) in [6, 6.07) is 6.60. The fraction of sp³-hybridized carbons (Fsp3) is 0.333. The minimum absolute atomic E-state index is 0.106. The van der Waals surface area contributed by atoms with Crippen molar-refractivity contribution in [3.63, 3.8) is 0 Å². The van der Waals surface area contributed by atoms with Crippen molar-refractivity contribution < 1.29 is 9.63 Å². The van der Waals surface area contributed by atoms with E-state index < -0.39 is 5.97 Å². The second kappa shape index (κ2) is 6.90. The quantitative estimate of drug-likeness (QED) is 0.392. The van der Waals surface area contributed by atoms with E-state index in [1.165, 1.54) is 9.77 Å². The van der Waals surface area contributed by atoms with E-state index in [2.05, 4.69) is 30.6 Å². The predicted octanol–water partition coefficient (Wildman–Crippen LogP) is 5.66. The molecule has 0 radical (unpaired) electrons. The molecule has 0 amide bonds. The van der Waals surface area contributed by atoms with E-state index in [0.29, 0.717) is 10.6 Å². The third-order valence-electron chi connectivity index (χ3n) is 3.94. The number of hydrogen-bond acceptors (Lipinski definition) is 5. The Hall–Kier alpha value is -1.30. The van der Waals surface area contributed by atoms with Gasteiger partial charge in [-0.25, -0.2) is 4.79 Å². The number of benzene rings is 1. The number of oxime groups is 1. The van der Waals surface area contributed by atoms with Gasteiger partial charge in [-0.15, -0.1) is 23.1 Å². The Labute approximate surface area is 155 Å². The van der Waals surface area contributed by atoms with Gasteiger partial charge < -0.3 is 4.84 Å². The fourth-order valence-corrected chi connectivity index (χ4v) is 4.82.